The van der Waals surface area contributed by atoms with Crippen LogP contribution in [0.25, 0.3) is 0 Å². The number of benzene rings is 1. The number of halogens is 1. The molecule has 0 aliphatic carbocycles. The predicted molar refractivity (Wildman–Crippen MR) is 122 cm³/mol. The van der Waals surface area contributed by atoms with Gasteiger partial charge in [-0.05, 0) is 62.1 Å². The topological polar surface area (TPSA) is 109 Å². The number of nitrogens with two attached hydrogens (primary N) is 1. The maximum Gasteiger partial charge on any atom is 0.253 e. The number of carbonyl (C=O) groups excluding carboxylic acids is 3. The van der Waals surface area contributed by atoms with Gasteiger partial charge in [0, 0.05) is 37.7 Å². The fraction of sp³-hybridized carbons (Fsp3) is 0.417. The van der Waals surface area contributed by atoms with Gasteiger partial charge in [0.1, 0.15) is 11.6 Å². The molecule has 0 bridgehead atoms. The van der Waals surface area contributed by atoms with Crippen molar-refractivity contribution in [3.8, 4) is 0 Å². The van der Waals surface area contributed by atoms with E-state index >= 15 is 0 Å². The van der Waals surface area contributed by atoms with Crippen LogP contribution in [0.2, 0.25) is 0 Å². The van der Waals surface area contributed by atoms with Gasteiger partial charge < -0.3 is 20.9 Å². The Kier molecular flexibility index (Phi) is 6.86. The molecule has 0 radical (unpaired) electrons. The van der Waals surface area contributed by atoms with Gasteiger partial charge in [-0.2, -0.15) is 0 Å². The van der Waals surface area contributed by atoms with E-state index in [1.165, 1.54) is 24.3 Å². The lowest BCUT2D eigenvalue weighted by Gasteiger charge is -2.32. The number of pyridine rings is 1. The molecule has 2 aliphatic heterocycles. The molecule has 0 spiro atoms. The van der Waals surface area contributed by atoms with E-state index < -0.39 is 0 Å². The van der Waals surface area contributed by atoms with Crippen LogP contribution in [0, 0.1) is 17.7 Å². The Morgan fingerprint density at radius 3 is 2.33 bits per heavy atom. The molecule has 1 unspecified atom stereocenters. The van der Waals surface area contributed by atoms with Crippen LogP contribution in [0.3, 0.4) is 0 Å². The fourth-order valence-corrected chi connectivity index (χ4v) is 4.43. The first-order valence-corrected chi connectivity index (χ1v) is 11.3. The van der Waals surface area contributed by atoms with E-state index in [0.717, 1.165) is 25.2 Å². The van der Waals surface area contributed by atoms with E-state index in [-0.39, 0.29) is 35.4 Å². The second kappa shape index (κ2) is 9.97. The van der Waals surface area contributed by atoms with Crippen molar-refractivity contribution >= 4 is 29.2 Å². The van der Waals surface area contributed by atoms with Crippen molar-refractivity contribution in [3.05, 3.63) is 54.0 Å². The number of aromatic nitrogens is 1. The number of nitrogens with zero attached hydrogens (tertiary/aromatic N) is 3. The third kappa shape index (κ3) is 5.47. The summed E-state index contributed by atoms with van der Waals surface area (Å²) in [6.07, 6.45) is 4.43. The number of nitrogens with one attached hydrogen (secondary N) is 1. The van der Waals surface area contributed by atoms with E-state index in [2.05, 4.69) is 10.3 Å². The van der Waals surface area contributed by atoms with Crippen LogP contribution in [0.4, 0.5) is 15.9 Å². The molecule has 8 nitrogen and oxygen atoms in total. The van der Waals surface area contributed by atoms with Crippen LogP contribution in [0.15, 0.2) is 42.6 Å². The van der Waals surface area contributed by atoms with Crippen molar-refractivity contribution in [2.75, 3.05) is 36.4 Å². The van der Waals surface area contributed by atoms with Crippen molar-refractivity contribution in [2.24, 2.45) is 17.6 Å². The first-order valence-electron chi connectivity index (χ1n) is 11.3. The zero-order valence-electron chi connectivity index (χ0n) is 18.4. The maximum absolute atomic E-state index is 13.1. The summed E-state index contributed by atoms with van der Waals surface area (Å²) in [5.41, 5.74) is 6.50. The van der Waals surface area contributed by atoms with Gasteiger partial charge in [-0.15, -0.1) is 0 Å². The Hall–Kier alpha value is -3.49. The van der Waals surface area contributed by atoms with E-state index in [4.69, 9.17) is 5.73 Å². The number of hydrogen-bond donors (Lipinski definition) is 2. The summed E-state index contributed by atoms with van der Waals surface area (Å²) in [6.45, 7) is 2.32. The Balaban J connectivity index is 1.28. The van der Waals surface area contributed by atoms with Gasteiger partial charge in [0.2, 0.25) is 11.8 Å². The van der Waals surface area contributed by atoms with Crippen molar-refractivity contribution in [3.63, 3.8) is 0 Å². The van der Waals surface area contributed by atoms with Crippen molar-refractivity contribution in [2.45, 2.75) is 25.7 Å². The highest BCUT2D eigenvalue weighted by molar-refractivity contribution is 5.95. The third-order valence-electron chi connectivity index (χ3n) is 6.41. The summed E-state index contributed by atoms with van der Waals surface area (Å²) in [5.74, 6) is -0.507. The number of amides is 3. The Bertz CT molecular complexity index is 1000. The molecular weight excluding hydrogens is 425 g/mol. The SMILES string of the molecule is NC(=O)C1CCCN(c2ccc(NC(=O)C3CCN(C(=O)c4ccc(F)cc4)CC3)cn2)C1. The molecule has 1 atom stereocenters. The number of carbonyl (C=O) groups is 3. The molecule has 3 N–H and O–H groups in total. The number of piperidine rings is 2. The summed E-state index contributed by atoms with van der Waals surface area (Å²) in [6, 6.07) is 9.14. The van der Waals surface area contributed by atoms with Gasteiger partial charge in [0.05, 0.1) is 17.8 Å². The first-order chi connectivity index (χ1) is 15.9. The second-order valence-corrected chi connectivity index (χ2v) is 8.66. The van der Waals surface area contributed by atoms with Crippen LogP contribution in [0.1, 0.15) is 36.0 Å². The fourth-order valence-electron chi connectivity index (χ4n) is 4.43. The Morgan fingerprint density at radius 2 is 1.70 bits per heavy atom. The van der Waals surface area contributed by atoms with Crippen LogP contribution >= 0.6 is 0 Å². The molecule has 4 rings (SSSR count). The average molecular weight is 454 g/mol. The number of hydrogen-bond acceptors (Lipinski definition) is 5. The van der Waals surface area contributed by atoms with Gasteiger partial charge in [0.15, 0.2) is 0 Å². The summed E-state index contributed by atoms with van der Waals surface area (Å²) in [5, 5.41) is 2.91. The summed E-state index contributed by atoms with van der Waals surface area (Å²) >= 11 is 0. The second-order valence-electron chi connectivity index (χ2n) is 8.66. The van der Waals surface area contributed by atoms with E-state index in [0.29, 0.717) is 43.7 Å². The monoisotopic (exact) mass is 453 g/mol. The molecule has 2 aromatic rings. The van der Waals surface area contributed by atoms with E-state index in [1.54, 1.807) is 17.2 Å². The molecule has 2 fully saturated rings. The van der Waals surface area contributed by atoms with Gasteiger partial charge in [-0.1, -0.05) is 0 Å². The minimum Gasteiger partial charge on any atom is -0.369 e. The van der Waals surface area contributed by atoms with Gasteiger partial charge in [0.25, 0.3) is 5.91 Å². The van der Waals surface area contributed by atoms with Crippen molar-refractivity contribution in [1.29, 1.82) is 0 Å². The zero-order valence-corrected chi connectivity index (χ0v) is 18.4. The Morgan fingerprint density at radius 1 is 0.970 bits per heavy atom. The quantitative estimate of drug-likeness (QED) is 0.723. The summed E-state index contributed by atoms with van der Waals surface area (Å²) in [7, 11) is 0. The first kappa shape index (κ1) is 22.7. The Labute approximate surface area is 192 Å². The van der Waals surface area contributed by atoms with E-state index in [9.17, 15) is 18.8 Å². The summed E-state index contributed by atoms with van der Waals surface area (Å²) in [4.78, 5) is 45.0. The molecule has 174 valence electrons. The minimum atomic E-state index is -0.379. The molecule has 2 saturated heterocycles. The third-order valence-corrected chi connectivity index (χ3v) is 6.41. The minimum absolute atomic E-state index is 0.0924. The van der Waals surface area contributed by atoms with Crippen LogP contribution in [-0.4, -0.2) is 53.8 Å². The normalized spacial score (nSPS) is 19.2. The van der Waals surface area contributed by atoms with Crippen LogP contribution < -0.4 is 16.0 Å². The number of likely N-dealkylation sites (tertiary alicyclic amines) is 1. The molecule has 1 aromatic carbocycles. The molecule has 2 aliphatic rings. The van der Waals surface area contributed by atoms with Crippen molar-refractivity contribution < 1.29 is 18.8 Å². The molecule has 0 saturated carbocycles. The lowest BCUT2D eigenvalue weighted by Crippen LogP contribution is -2.41. The zero-order chi connectivity index (χ0) is 23.4. The van der Waals surface area contributed by atoms with Gasteiger partial charge in [-0.3, -0.25) is 14.4 Å². The van der Waals surface area contributed by atoms with E-state index in [1.807, 2.05) is 11.0 Å². The highest BCUT2D eigenvalue weighted by Crippen LogP contribution is 2.24. The lowest BCUT2D eigenvalue weighted by atomic mass is 9.95. The maximum atomic E-state index is 13.1. The molecular formula is C24H28FN5O3. The van der Waals surface area contributed by atoms with Gasteiger partial charge in [-0.25, -0.2) is 9.37 Å². The standard InChI is InChI=1S/C24H28FN5O3/c25-19-5-3-17(4-6-19)24(33)29-12-9-16(10-13-29)23(32)28-20-7-8-21(27-14-20)30-11-1-2-18(15-30)22(26)31/h3-8,14,16,18H,1-2,9-13,15H2,(H2,26,31)(H,28,32). The smallest absolute Gasteiger partial charge is 0.253 e. The highest BCUT2D eigenvalue weighted by Gasteiger charge is 2.28. The summed E-state index contributed by atoms with van der Waals surface area (Å²) < 4.78 is 13.1. The number of rotatable bonds is 5. The molecule has 9 heteroatoms. The molecule has 1 aromatic heterocycles. The highest BCUT2D eigenvalue weighted by atomic mass is 19.1. The van der Waals surface area contributed by atoms with Crippen LogP contribution in [0.5, 0.6) is 0 Å². The van der Waals surface area contributed by atoms with Crippen molar-refractivity contribution in [1.82, 2.24) is 9.88 Å². The molecule has 33 heavy (non-hydrogen) atoms. The molecule has 3 amide bonds. The molecule has 3 heterocycles. The van der Waals surface area contributed by atoms with Gasteiger partial charge >= 0.3 is 0 Å². The number of anilines is 2. The predicted octanol–water partition coefficient (Wildman–Crippen LogP) is 2.41. The average Bonchev–Trinajstić information content (AvgIpc) is 2.84. The number of primary amides is 1. The largest absolute Gasteiger partial charge is 0.369 e. The van der Waals surface area contributed by atoms with Crippen LogP contribution in [-0.2, 0) is 9.59 Å². The lowest BCUT2D eigenvalue weighted by molar-refractivity contribution is -0.122.